The first kappa shape index (κ1) is 44.3. The zero-order chi connectivity index (χ0) is 49.6. The molecule has 4 heterocycles. The van der Waals surface area contributed by atoms with Gasteiger partial charge in [0.2, 0.25) is 0 Å². The summed E-state index contributed by atoms with van der Waals surface area (Å²) in [6.07, 6.45) is 2.17. The van der Waals surface area contributed by atoms with Gasteiger partial charge in [-0.15, -0.1) is 0 Å². The maximum atomic E-state index is 5.60. The topological polar surface area (TPSA) is 27.0 Å². The lowest BCUT2D eigenvalue weighted by molar-refractivity contribution is 0.590. The standard InChI is InChI=1S/C67H56BN5/c1-66(2,3)48-35-38-58(56(41-48)46-22-10-7-11-23-46)71(52-31-20-26-47(40-52)55-33-21-25-45-24-16-17-32-54(45)55)53-36-37-57-59(44-53)72(50-27-12-8-13-28-50)60-42-49(67(4,5)6)43-61-63(60)68(57)64-65(70-39-19-18-34-62(70)69-64)73(61)51-29-14-9-15-30-51/h7-44H,1-6H3. The summed E-state index contributed by atoms with van der Waals surface area (Å²) in [6.45, 7) is 13.7. The van der Waals surface area contributed by atoms with E-state index < -0.39 is 0 Å². The number of hydrogen-bond acceptors (Lipinski definition) is 4. The van der Waals surface area contributed by atoms with Crippen molar-refractivity contribution in [1.29, 1.82) is 0 Å². The van der Waals surface area contributed by atoms with E-state index in [1.165, 1.54) is 55.2 Å². The van der Waals surface area contributed by atoms with Crippen LogP contribution in [0, 0.1) is 0 Å². The molecule has 0 aliphatic carbocycles. The van der Waals surface area contributed by atoms with Crippen molar-refractivity contribution in [2.24, 2.45) is 0 Å². The molecule has 6 heteroatoms. The molecule has 0 amide bonds. The number of pyridine rings is 1. The summed E-state index contributed by atoms with van der Waals surface area (Å²) >= 11 is 0. The van der Waals surface area contributed by atoms with Gasteiger partial charge in [-0.25, -0.2) is 4.98 Å². The fourth-order valence-electron chi connectivity index (χ4n) is 11.4. The third-order valence-electron chi connectivity index (χ3n) is 15.0. The fourth-order valence-corrected chi connectivity index (χ4v) is 11.4. The highest BCUT2D eigenvalue weighted by Crippen LogP contribution is 2.49. The van der Waals surface area contributed by atoms with Crippen LogP contribution in [0.3, 0.4) is 0 Å². The van der Waals surface area contributed by atoms with Crippen LogP contribution in [0.1, 0.15) is 52.7 Å². The highest BCUT2D eigenvalue weighted by molar-refractivity contribution is 7.00. The van der Waals surface area contributed by atoms with Crippen molar-refractivity contribution in [3.8, 4) is 22.3 Å². The fraction of sp³-hybridized carbons (Fsp3) is 0.119. The smallest absolute Gasteiger partial charge is 0.277 e. The van der Waals surface area contributed by atoms with Gasteiger partial charge in [-0.05, 0) is 145 Å². The quantitative estimate of drug-likeness (QED) is 0.149. The van der Waals surface area contributed by atoms with Gasteiger partial charge in [0.15, 0.2) is 0 Å². The van der Waals surface area contributed by atoms with Crippen molar-refractivity contribution in [3.05, 3.63) is 242 Å². The molecular weight excluding hydrogens is 886 g/mol. The number of rotatable bonds is 7. The van der Waals surface area contributed by atoms with Gasteiger partial charge in [0, 0.05) is 51.6 Å². The van der Waals surface area contributed by atoms with Crippen molar-refractivity contribution < 1.29 is 0 Å². The highest BCUT2D eigenvalue weighted by atomic mass is 15.3. The number of imidazole rings is 1. The van der Waals surface area contributed by atoms with E-state index in [0.29, 0.717) is 0 Å². The number of benzene rings is 9. The van der Waals surface area contributed by atoms with E-state index in [1.54, 1.807) is 0 Å². The zero-order valence-corrected chi connectivity index (χ0v) is 42.3. The maximum Gasteiger partial charge on any atom is 0.277 e. The summed E-state index contributed by atoms with van der Waals surface area (Å²) in [4.78, 5) is 13.1. The first-order valence-corrected chi connectivity index (χ1v) is 25.6. The Kier molecular flexibility index (Phi) is 10.3. The van der Waals surface area contributed by atoms with E-state index in [2.05, 4.69) is 291 Å². The largest absolute Gasteiger partial charge is 0.311 e. The van der Waals surface area contributed by atoms with Gasteiger partial charge < -0.3 is 9.80 Å². The summed E-state index contributed by atoms with van der Waals surface area (Å²) in [7, 11) is 0. The molecule has 11 aromatic rings. The van der Waals surface area contributed by atoms with Crippen molar-refractivity contribution in [2.45, 2.75) is 52.4 Å². The van der Waals surface area contributed by atoms with E-state index in [9.17, 15) is 0 Å². The van der Waals surface area contributed by atoms with Gasteiger partial charge >= 0.3 is 0 Å². The summed E-state index contributed by atoms with van der Waals surface area (Å²) in [5, 5.41) is 2.46. The average molecular weight is 942 g/mol. The molecule has 2 aliphatic rings. The molecule has 13 rings (SSSR count). The Hall–Kier alpha value is -8.61. The van der Waals surface area contributed by atoms with E-state index in [1.807, 2.05) is 0 Å². The number of fused-ring (bicyclic) bond motifs is 7. The van der Waals surface area contributed by atoms with E-state index in [4.69, 9.17) is 4.98 Å². The second-order valence-corrected chi connectivity index (χ2v) is 21.7. The minimum atomic E-state index is -0.160. The SMILES string of the molecule is CC(C)(C)c1ccc(N(c2cccc(-c3cccc4ccccc34)c2)c2ccc3c(c2)N(c2ccccc2)c2cc(C(C)(C)C)cc4c2B3c2nc3ccccn3c2N4c2ccccc2)c(-c2ccccc2)c1. The van der Waals surface area contributed by atoms with Crippen LogP contribution in [-0.4, -0.2) is 16.1 Å². The van der Waals surface area contributed by atoms with Crippen LogP contribution < -0.4 is 31.2 Å². The molecule has 0 atom stereocenters. The lowest BCUT2D eigenvalue weighted by Crippen LogP contribution is -2.62. The molecule has 2 aliphatic heterocycles. The number of anilines is 9. The van der Waals surface area contributed by atoms with E-state index in [-0.39, 0.29) is 17.5 Å². The Morgan fingerprint density at radius 1 is 0.452 bits per heavy atom. The van der Waals surface area contributed by atoms with Crippen LogP contribution in [0.4, 0.5) is 51.3 Å². The van der Waals surface area contributed by atoms with Gasteiger partial charge in [0.25, 0.3) is 6.71 Å². The molecule has 0 bridgehead atoms. The molecule has 0 N–H and O–H groups in total. The van der Waals surface area contributed by atoms with Crippen LogP contribution in [0.2, 0.25) is 0 Å². The minimum absolute atomic E-state index is 0.0613. The first-order chi connectivity index (χ1) is 35.5. The Labute approximate surface area is 429 Å². The molecule has 2 aromatic heterocycles. The van der Waals surface area contributed by atoms with Crippen molar-refractivity contribution >= 4 is 91.0 Å². The van der Waals surface area contributed by atoms with Crippen LogP contribution >= 0.6 is 0 Å². The molecular formula is C67H56BN5. The molecule has 9 aromatic carbocycles. The molecule has 352 valence electrons. The number of hydrogen-bond donors (Lipinski definition) is 0. The molecule has 0 unspecified atom stereocenters. The van der Waals surface area contributed by atoms with Crippen molar-refractivity contribution in [3.63, 3.8) is 0 Å². The Morgan fingerprint density at radius 2 is 1.07 bits per heavy atom. The summed E-state index contributed by atoms with van der Waals surface area (Å²) < 4.78 is 2.28. The normalized spacial score (nSPS) is 13.0. The first-order valence-electron chi connectivity index (χ1n) is 25.6. The van der Waals surface area contributed by atoms with Crippen LogP contribution in [-0.2, 0) is 10.8 Å². The lowest BCUT2D eigenvalue weighted by Gasteiger charge is -2.44. The number of nitrogens with zero attached hydrogens (tertiary/aromatic N) is 5. The van der Waals surface area contributed by atoms with E-state index >= 15 is 0 Å². The average Bonchev–Trinajstić information content (AvgIpc) is 3.80. The predicted octanol–water partition coefficient (Wildman–Crippen LogP) is 16.0. The molecule has 0 fully saturated rings. The Balaban J connectivity index is 1.11. The van der Waals surface area contributed by atoms with Crippen molar-refractivity contribution in [1.82, 2.24) is 9.38 Å². The summed E-state index contributed by atoms with van der Waals surface area (Å²) in [5.74, 6) is 1.07. The van der Waals surface area contributed by atoms with Gasteiger partial charge in [0.05, 0.1) is 11.3 Å². The van der Waals surface area contributed by atoms with Crippen LogP contribution in [0.15, 0.2) is 231 Å². The number of para-hydroxylation sites is 2. The second kappa shape index (κ2) is 17.0. The maximum absolute atomic E-state index is 5.60. The predicted molar refractivity (Wildman–Crippen MR) is 310 cm³/mol. The minimum Gasteiger partial charge on any atom is -0.311 e. The Morgan fingerprint density at radius 3 is 1.81 bits per heavy atom. The van der Waals surface area contributed by atoms with Crippen LogP contribution in [0.5, 0.6) is 0 Å². The molecule has 0 radical (unpaired) electrons. The number of aromatic nitrogens is 2. The summed E-state index contributed by atoms with van der Waals surface area (Å²) in [6, 6.07) is 82.7. The third kappa shape index (κ3) is 7.43. The highest BCUT2D eigenvalue weighted by Gasteiger charge is 2.47. The molecule has 0 saturated heterocycles. The monoisotopic (exact) mass is 941 g/mol. The van der Waals surface area contributed by atoms with Crippen molar-refractivity contribution in [2.75, 3.05) is 14.7 Å². The summed E-state index contributed by atoms with van der Waals surface area (Å²) in [5.41, 5.74) is 20.4. The zero-order valence-electron chi connectivity index (χ0n) is 42.3. The molecule has 0 saturated carbocycles. The van der Waals surface area contributed by atoms with E-state index in [0.717, 1.165) is 62.4 Å². The van der Waals surface area contributed by atoms with Gasteiger partial charge in [-0.2, -0.15) is 0 Å². The molecule has 73 heavy (non-hydrogen) atoms. The molecule has 0 spiro atoms. The van der Waals surface area contributed by atoms with Crippen LogP contribution in [0.25, 0.3) is 38.7 Å². The third-order valence-corrected chi connectivity index (χ3v) is 15.0. The second-order valence-electron chi connectivity index (χ2n) is 21.7. The molecule has 5 nitrogen and oxygen atoms in total. The van der Waals surface area contributed by atoms with Gasteiger partial charge in [-0.3, -0.25) is 9.30 Å². The lowest BCUT2D eigenvalue weighted by atomic mass is 9.35. The van der Waals surface area contributed by atoms with Gasteiger partial charge in [0.1, 0.15) is 11.5 Å². The Bertz CT molecular complexity index is 3900. The van der Waals surface area contributed by atoms with Gasteiger partial charge in [-0.1, -0.05) is 181 Å².